The van der Waals surface area contributed by atoms with Crippen LogP contribution in [0.15, 0.2) is 0 Å². The molecule has 0 fully saturated rings. The molecule has 0 rings (SSSR count). The summed E-state index contributed by atoms with van der Waals surface area (Å²) in [7, 11) is 4.05. The maximum atomic E-state index is 10.7. The van der Waals surface area contributed by atoms with E-state index in [1.54, 1.807) is 11.8 Å². The zero-order valence-corrected chi connectivity index (χ0v) is 10.6. The highest BCUT2D eigenvalue weighted by Gasteiger charge is 2.14. The average molecular weight is 248 g/mol. The van der Waals surface area contributed by atoms with Crippen molar-refractivity contribution in [2.75, 3.05) is 32.1 Å². The fourth-order valence-corrected chi connectivity index (χ4v) is 2.09. The normalized spacial score (nSPS) is 12.4. The van der Waals surface area contributed by atoms with Gasteiger partial charge in [-0.2, -0.15) is 11.8 Å². The fourth-order valence-electron chi connectivity index (χ4n) is 1.15. The minimum Gasteiger partial charge on any atom is -0.480 e. The molecule has 1 atom stereocenters. The standard InChI is InChI=1S/C10H20N2O3S/c1-12(2)5-3-6-16-7-4-9(10(14)15)11-8-13/h8-9H,3-7H2,1-2H3,(H,11,13)(H,14,15). The molecule has 0 heterocycles. The summed E-state index contributed by atoms with van der Waals surface area (Å²) in [4.78, 5) is 22.9. The van der Waals surface area contributed by atoms with Crippen molar-refractivity contribution in [1.82, 2.24) is 10.2 Å². The minimum absolute atomic E-state index is 0.440. The smallest absolute Gasteiger partial charge is 0.326 e. The number of aliphatic carboxylic acids is 1. The molecule has 0 aliphatic carbocycles. The van der Waals surface area contributed by atoms with Gasteiger partial charge in [-0.15, -0.1) is 0 Å². The summed E-state index contributed by atoms with van der Waals surface area (Å²) in [5.41, 5.74) is 0. The van der Waals surface area contributed by atoms with Crippen LogP contribution >= 0.6 is 11.8 Å². The summed E-state index contributed by atoms with van der Waals surface area (Å²) in [5, 5.41) is 11.0. The number of nitrogens with one attached hydrogen (secondary N) is 1. The van der Waals surface area contributed by atoms with Crippen molar-refractivity contribution in [2.24, 2.45) is 0 Å². The van der Waals surface area contributed by atoms with E-state index >= 15 is 0 Å². The van der Waals surface area contributed by atoms with Crippen LogP contribution in [0, 0.1) is 0 Å². The Hall–Kier alpha value is -0.750. The molecule has 1 amide bonds. The maximum Gasteiger partial charge on any atom is 0.326 e. The predicted octanol–water partition coefficient (Wildman–Crippen LogP) is 0.261. The van der Waals surface area contributed by atoms with Gasteiger partial charge in [-0.3, -0.25) is 4.79 Å². The summed E-state index contributed by atoms with van der Waals surface area (Å²) >= 11 is 1.72. The van der Waals surface area contributed by atoms with E-state index in [1.165, 1.54) is 0 Å². The highest BCUT2D eigenvalue weighted by molar-refractivity contribution is 7.99. The second-order valence-corrected chi connectivity index (χ2v) is 4.96. The first-order valence-electron chi connectivity index (χ1n) is 5.23. The summed E-state index contributed by atoms with van der Waals surface area (Å²) in [6.07, 6.45) is 2.01. The van der Waals surface area contributed by atoms with Gasteiger partial charge in [0.1, 0.15) is 6.04 Å². The number of rotatable bonds is 10. The van der Waals surface area contributed by atoms with Crippen LogP contribution in [-0.2, 0) is 9.59 Å². The van der Waals surface area contributed by atoms with Crippen LogP contribution in [0.4, 0.5) is 0 Å². The van der Waals surface area contributed by atoms with Gasteiger partial charge in [0.15, 0.2) is 0 Å². The van der Waals surface area contributed by atoms with Crippen LogP contribution in [0.5, 0.6) is 0 Å². The van der Waals surface area contributed by atoms with Gasteiger partial charge in [-0.05, 0) is 45.0 Å². The molecule has 0 saturated carbocycles. The van der Waals surface area contributed by atoms with Gasteiger partial charge in [0.05, 0.1) is 0 Å². The van der Waals surface area contributed by atoms with Gasteiger partial charge in [0.2, 0.25) is 6.41 Å². The number of hydrogen-bond acceptors (Lipinski definition) is 4. The van der Waals surface area contributed by atoms with Crippen molar-refractivity contribution in [1.29, 1.82) is 0 Å². The molecule has 0 bridgehead atoms. The van der Waals surface area contributed by atoms with Gasteiger partial charge in [0.25, 0.3) is 0 Å². The number of carboxylic acids is 1. The van der Waals surface area contributed by atoms with E-state index in [0.717, 1.165) is 24.5 Å². The first-order chi connectivity index (χ1) is 7.57. The van der Waals surface area contributed by atoms with Crippen molar-refractivity contribution in [3.8, 4) is 0 Å². The van der Waals surface area contributed by atoms with Crippen LogP contribution in [0.2, 0.25) is 0 Å². The molecule has 6 heteroatoms. The van der Waals surface area contributed by atoms with E-state index in [0.29, 0.717) is 12.8 Å². The van der Waals surface area contributed by atoms with Crippen molar-refractivity contribution < 1.29 is 14.7 Å². The van der Waals surface area contributed by atoms with E-state index < -0.39 is 12.0 Å². The van der Waals surface area contributed by atoms with Crippen molar-refractivity contribution in [3.05, 3.63) is 0 Å². The van der Waals surface area contributed by atoms with Crippen molar-refractivity contribution >= 4 is 24.1 Å². The van der Waals surface area contributed by atoms with Crippen LogP contribution in [0.25, 0.3) is 0 Å². The van der Waals surface area contributed by atoms with Crippen molar-refractivity contribution in [3.63, 3.8) is 0 Å². The minimum atomic E-state index is -0.971. The van der Waals surface area contributed by atoms with Crippen LogP contribution in [0.1, 0.15) is 12.8 Å². The molecule has 0 saturated heterocycles. The SMILES string of the molecule is CN(C)CCCSCCC(NC=O)C(=O)O. The molecule has 5 nitrogen and oxygen atoms in total. The van der Waals surface area contributed by atoms with E-state index in [-0.39, 0.29) is 0 Å². The monoisotopic (exact) mass is 248 g/mol. The lowest BCUT2D eigenvalue weighted by Crippen LogP contribution is -2.36. The number of carbonyl (C=O) groups is 2. The fraction of sp³-hybridized carbons (Fsp3) is 0.800. The highest BCUT2D eigenvalue weighted by atomic mass is 32.2. The molecule has 0 radical (unpaired) electrons. The van der Waals surface area contributed by atoms with Crippen molar-refractivity contribution in [2.45, 2.75) is 18.9 Å². The topological polar surface area (TPSA) is 69.6 Å². The summed E-state index contributed by atoms with van der Waals surface area (Å²) in [6, 6.07) is -0.751. The molecule has 0 aliphatic rings. The van der Waals surface area contributed by atoms with Crippen LogP contribution in [0.3, 0.4) is 0 Å². The number of amides is 1. The molecule has 1 unspecified atom stereocenters. The van der Waals surface area contributed by atoms with E-state index in [9.17, 15) is 9.59 Å². The largest absolute Gasteiger partial charge is 0.480 e. The zero-order chi connectivity index (χ0) is 12.4. The average Bonchev–Trinajstić information content (AvgIpc) is 2.20. The second kappa shape index (κ2) is 9.47. The van der Waals surface area contributed by atoms with Gasteiger partial charge in [-0.25, -0.2) is 4.79 Å². The molecular weight excluding hydrogens is 228 g/mol. The molecule has 16 heavy (non-hydrogen) atoms. The lowest BCUT2D eigenvalue weighted by Gasteiger charge is -2.11. The maximum absolute atomic E-state index is 10.7. The Morgan fingerprint density at radius 3 is 2.69 bits per heavy atom. The molecule has 2 N–H and O–H groups in total. The second-order valence-electron chi connectivity index (χ2n) is 3.73. The molecule has 0 aromatic carbocycles. The highest BCUT2D eigenvalue weighted by Crippen LogP contribution is 2.07. The molecule has 94 valence electrons. The summed E-state index contributed by atoms with van der Waals surface area (Å²) < 4.78 is 0. The number of carboxylic acid groups (broad SMARTS) is 1. The van der Waals surface area contributed by atoms with E-state index in [2.05, 4.69) is 10.2 Å². The van der Waals surface area contributed by atoms with Gasteiger partial charge < -0.3 is 15.3 Å². The molecule has 0 aliphatic heterocycles. The first kappa shape index (κ1) is 15.2. The Morgan fingerprint density at radius 1 is 1.50 bits per heavy atom. The Balaban J connectivity index is 3.47. The van der Waals surface area contributed by atoms with Gasteiger partial charge in [0, 0.05) is 0 Å². The Bertz CT molecular complexity index is 212. The first-order valence-corrected chi connectivity index (χ1v) is 6.38. The molecular formula is C10H20N2O3S. The Kier molecular flexibility index (Phi) is 9.03. The summed E-state index contributed by atoms with van der Waals surface area (Å²) in [5.74, 6) is 0.803. The molecule has 0 aromatic rings. The zero-order valence-electron chi connectivity index (χ0n) is 9.81. The lowest BCUT2D eigenvalue weighted by atomic mass is 10.2. The third kappa shape index (κ3) is 8.55. The molecule has 0 spiro atoms. The Morgan fingerprint density at radius 2 is 2.19 bits per heavy atom. The molecule has 0 aromatic heterocycles. The van der Waals surface area contributed by atoms with E-state index in [1.807, 2.05) is 14.1 Å². The third-order valence-corrected chi connectivity index (χ3v) is 3.11. The summed E-state index contributed by atoms with van der Waals surface area (Å²) in [6.45, 7) is 1.04. The van der Waals surface area contributed by atoms with Crippen LogP contribution in [-0.4, -0.2) is 60.6 Å². The number of nitrogens with zero attached hydrogens (tertiary/aromatic N) is 1. The number of thioether (sulfide) groups is 1. The van der Waals surface area contributed by atoms with Gasteiger partial charge in [-0.1, -0.05) is 0 Å². The van der Waals surface area contributed by atoms with Gasteiger partial charge >= 0.3 is 5.97 Å². The quantitative estimate of drug-likeness (QED) is 0.429. The lowest BCUT2D eigenvalue weighted by molar-refractivity contribution is -0.140. The number of carbonyl (C=O) groups excluding carboxylic acids is 1. The van der Waals surface area contributed by atoms with E-state index in [4.69, 9.17) is 5.11 Å². The number of hydrogen-bond donors (Lipinski definition) is 2. The van der Waals surface area contributed by atoms with Crippen LogP contribution < -0.4 is 5.32 Å². The Labute approximate surface area is 101 Å². The predicted molar refractivity (Wildman–Crippen MR) is 65.7 cm³/mol. The third-order valence-electron chi connectivity index (χ3n) is 2.01.